The molecule has 4 rings (SSSR count). The second kappa shape index (κ2) is 8.47. The predicted molar refractivity (Wildman–Crippen MR) is 113 cm³/mol. The van der Waals surface area contributed by atoms with Crippen LogP contribution in [0.2, 0.25) is 5.02 Å². The number of halogens is 1. The van der Waals surface area contributed by atoms with Gasteiger partial charge in [-0.2, -0.15) is 0 Å². The van der Waals surface area contributed by atoms with Crippen LogP contribution < -0.4 is 0 Å². The Morgan fingerprint density at radius 2 is 1.86 bits per heavy atom. The van der Waals surface area contributed by atoms with Gasteiger partial charge < -0.3 is 4.42 Å². The average Bonchev–Trinajstić information content (AvgIpc) is 3.24. The summed E-state index contributed by atoms with van der Waals surface area (Å²) in [5.74, 6) is 1.38. The van der Waals surface area contributed by atoms with Crippen molar-refractivity contribution in [1.82, 2.24) is 15.1 Å². The number of piperidine rings is 1. The van der Waals surface area contributed by atoms with Crippen LogP contribution in [0.5, 0.6) is 0 Å². The summed E-state index contributed by atoms with van der Waals surface area (Å²) in [6.07, 6.45) is 1.68. The number of hydrogen-bond acceptors (Lipinski definition) is 5. The van der Waals surface area contributed by atoms with Crippen LogP contribution in [-0.2, 0) is 0 Å². The van der Waals surface area contributed by atoms with Crippen molar-refractivity contribution in [3.8, 4) is 11.5 Å². The first-order valence-electron chi connectivity index (χ1n) is 9.95. The van der Waals surface area contributed by atoms with Crippen molar-refractivity contribution in [3.05, 3.63) is 70.6 Å². The third-order valence-corrected chi connectivity index (χ3v) is 5.89. The largest absolute Gasteiger partial charge is 0.419 e. The third-order valence-electron chi connectivity index (χ3n) is 5.65. The quantitative estimate of drug-likeness (QED) is 0.531. The highest BCUT2D eigenvalue weighted by Gasteiger charge is 2.30. The van der Waals surface area contributed by atoms with Gasteiger partial charge in [-0.15, -0.1) is 10.2 Å². The molecule has 0 radical (unpaired) electrons. The van der Waals surface area contributed by atoms with Gasteiger partial charge in [-0.25, -0.2) is 0 Å². The fourth-order valence-electron chi connectivity index (χ4n) is 3.80. The summed E-state index contributed by atoms with van der Waals surface area (Å²) < 4.78 is 5.91. The molecule has 1 aromatic heterocycles. The molecule has 1 aliphatic heterocycles. The van der Waals surface area contributed by atoms with Gasteiger partial charge >= 0.3 is 0 Å². The van der Waals surface area contributed by atoms with Crippen molar-refractivity contribution in [2.75, 3.05) is 13.1 Å². The van der Waals surface area contributed by atoms with Crippen molar-refractivity contribution in [1.29, 1.82) is 0 Å². The van der Waals surface area contributed by atoms with Gasteiger partial charge in [0.15, 0.2) is 5.78 Å². The van der Waals surface area contributed by atoms with E-state index >= 15 is 0 Å². The lowest BCUT2D eigenvalue weighted by Gasteiger charge is -2.34. The Morgan fingerprint density at radius 1 is 1.14 bits per heavy atom. The molecule has 0 N–H and O–H groups in total. The van der Waals surface area contributed by atoms with Crippen LogP contribution in [0.25, 0.3) is 11.5 Å². The maximum absolute atomic E-state index is 12.8. The van der Waals surface area contributed by atoms with Gasteiger partial charge in [-0.3, -0.25) is 9.69 Å². The fraction of sp³-hybridized carbons (Fsp3) is 0.348. The Bertz CT molecular complexity index is 991. The zero-order valence-electron chi connectivity index (χ0n) is 16.6. The van der Waals surface area contributed by atoms with E-state index in [1.165, 1.54) is 5.56 Å². The molecule has 0 amide bonds. The molecule has 2 heterocycles. The lowest BCUT2D eigenvalue weighted by atomic mass is 9.88. The van der Waals surface area contributed by atoms with E-state index in [0.717, 1.165) is 37.1 Å². The number of hydrogen-bond donors (Lipinski definition) is 0. The first kappa shape index (κ1) is 19.8. The molecule has 2 aromatic carbocycles. The van der Waals surface area contributed by atoms with Crippen molar-refractivity contribution in [2.24, 2.45) is 5.92 Å². The minimum Gasteiger partial charge on any atom is -0.419 e. The molecule has 1 unspecified atom stereocenters. The van der Waals surface area contributed by atoms with E-state index in [4.69, 9.17) is 16.0 Å². The Morgan fingerprint density at radius 3 is 2.55 bits per heavy atom. The van der Waals surface area contributed by atoms with Gasteiger partial charge in [0.2, 0.25) is 11.8 Å². The van der Waals surface area contributed by atoms with E-state index in [1.54, 1.807) is 0 Å². The molecular weight excluding hydrogens is 386 g/mol. The monoisotopic (exact) mass is 409 g/mol. The molecule has 1 saturated heterocycles. The van der Waals surface area contributed by atoms with E-state index in [1.807, 2.05) is 55.5 Å². The molecule has 6 heteroatoms. The van der Waals surface area contributed by atoms with E-state index in [9.17, 15) is 4.79 Å². The molecule has 1 fully saturated rings. The number of aryl methyl sites for hydroxylation is 1. The van der Waals surface area contributed by atoms with E-state index in [0.29, 0.717) is 16.8 Å². The Hall–Kier alpha value is -2.50. The van der Waals surface area contributed by atoms with Crippen LogP contribution in [0, 0.1) is 12.8 Å². The normalized spacial score (nSPS) is 16.7. The van der Waals surface area contributed by atoms with Crippen LogP contribution in [0.4, 0.5) is 0 Å². The number of carbonyl (C=O) groups is 1. The minimum absolute atomic E-state index is 0.00543. The zero-order chi connectivity index (χ0) is 20.4. The number of rotatable bonds is 5. The fourth-order valence-corrected chi connectivity index (χ4v) is 3.99. The van der Waals surface area contributed by atoms with Crippen LogP contribution in [0.1, 0.15) is 47.6 Å². The lowest BCUT2D eigenvalue weighted by Crippen LogP contribution is -2.38. The van der Waals surface area contributed by atoms with Crippen molar-refractivity contribution in [2.45, 2.75) is 32.7 Å². The number of benzene rings is 2. The Kier molecular flexibility index (Phi) is 5.79. The van der Waals surface area contributed by atoms with Crippen LogP contribution in [-0.4, -0.2) is 34.0 Å². The summed E-state index contributed by atoms with van der Waals surface area (Å²) >= 11 is 6.05. The van der Waals surface area contributed by atoms with Gasteiger partial charge in [-0.05, 0) is 58.0 Å². The first-order valence-corrected chi connectivity index (χ1v) is 10.3. The van der Waals surface area contributed by atoms with Crippen LogP contribution in [0.3, 0.4) is 0 Å². The lowest BCUT2D eigenvalue weighted by molar-refractivity contribution is 0.0782. The highest BCUT2D eigenvalue weighted by Crippen LogP contribution is 2.30. The molecule has 1 aliphatic rings. The van der Waals surface area contributed by atoms with Crippen LogP contribution in [0.15, 0.2) is 52.9 Å². The number of ketones is 1. The topological polar surface area (TPSA) is 59.2 Å². The summed E-state index contributed by atoms with van der Waals surface area (Å²) in [4.78, 5) is 15.1. The molecule has 1 atom stereocenters. The van der Waals surface area contributed by atoms with E-state index < -0.39 is 0 Å². The molecule has 0 spiro atoms. The summed E-state index contributed by atoms with van der Waals surface area (Å²) in [6, 6.07) is 15.3. The number of carbonyl (C=O) groups excluding carboxylic acids is 1. The summed E-state index contributed by atoms with van der Waals surface area (Å²) in [5, 5.41) is 9.05. The minimum atomic E-state index is 0.00543. The van der Waals surface area contributed by atoms with Crippen molar-refractivity contribution in [3.63, 3.8) is 0 Å². The average molecular weight is 410 g/mol. The summed E-state index contributed by atoms with van der Waals surface area (Å²) in [7, 11) is 0. The van der Waals surface area contributed by atoms with E-state index in [-0.39, 0.29) is 17.7 Å². The SMILES string of the molecule is Cc1ccc(C(=O)C2CCN(C(C)c3nnc(-c4cccc(Cl)c4)o3)CC2)cc1. The van der Waals surface area contributed by atoms with Gasteiger partial charge in [0.05, 0.1) is 6.04 Å². The second-order valence-corrected chi connectivity index (χ2v) is 8.11. The Labute approximate surface area is 175 Å². The molecule has 0 bridgehead atoms. The molecule has 5 nitrogen and oxygen atoms in total. The highest BCUT2D eigenvalue weighted by atomic mass is 35.5. The molecule has 3 aromatic rings. The number of aromatic nitrogens is 2. The van der Waals surface area contributed by atoms with Gasteiger partial charge in [0.1, 0.15) is 0 Å². The van der Waals surface area contributed by atoms with Gasteiger partial charge in [0, 0.05) is 22.1 Å². The van der Waals surface area contributed by atoms with Crippen molar-refractivity contribution >= 4 is 17.4 Å². The van der Waals surface area contributed by atoms with E-state index in [2.05, 4.69) is 22.0 Å². The molecule has 29 heavy (non-hydrogen) atoms. The summed E-state index contributed by atoms with van der Waals surface area (Å²) in [6.45, 7) is 5.76. The van der Waals surface area contributed by atoms with Gasteiger partial charge in [-0.1, -0.05) is 47.5 Å². The van der Waals surface area contributed by atoms with Gasteiger partial charge in [0.25, 0.3) is 0 Å². The summed E-state index contributed by atoms with van der Waals surface area (Å²) in [5.41, 5.74) is 2.79. The second-order valence-electron chi connectivity index (χ2n) is 7.67. The molecular formula is C23H24ClN3O2. The third kappa shape index (κ3) is 4.41. The molecule has 150 valence electrons. The maximum atomic E-state index is 12.8. The maximum Gasteiger partial charge on any atom is 0.247 e. The van der Waals surface area contributed by atoms with Crippen molar-refractivity contribution < 1.29 is 9.21 Å². The number of likely N-dealkylation sites (tertiary alicyclic amines) is 1. The molecule has 0 aliphatic carbocycles. The molecule has 0 saturated carbocycles. The highest BCUT2D eigenvalue weighted by molar-refractivity contribution is 6.30. The number of Topliss-reactive ketones (excluding diaryl/α,β-unsaturated/α-hetero) is 1. The Balaban J connectivity index is 1.38. The van der Waals surface area contributed by atoms with Crippen LogP contribution >= 0.6 is 11.6 Å². The number of nitrogens with zero attached hydrogens (tertiary/aromatic N) is 3. The predicted octanol–water partition coefficient (Wildman–Crippen LogP) is 5.35. The zero-order valence-corrected chi connectivity index (χ0v) is 17.4. The first-order chi connectivity index (χ1) is 14.0. The smallest absolute Gasteiger partial charge is 0.247 e. The standard InChI is InChI=1S/C23H24ClN3O2/c1-15-6-8-17(9-7-15)21(28)18-10-12-27(13-11-18)16(2)22-25-26-23(29-22)19-4-3-5-20(24)14-19/h3-9,14,16,18H,10-13H2,1-2H3.